The van der Waals surface area contributed by atoms with Crippen molar-refractivity contribution in [1.29, 1.82) is 0 Å². The summed E-state index contributed by atoms with van der Waals surface area (Å²) >= 11 is 0. The number of likely N-dealkylation sites (tertiary alicyclic amines) is 1. The van der Waals surface area contributed by atoms with Gasteiger partial charge < -0.3 is 15.2 Å². The van der Waals surface area contributed by atoms with E-state index < -0.39 is 10.0 Å². The van der Waals surface area contributed by atoms with Gasteiger partial charge in [-0.25, -0.2) is 8.42 Å². The predicted octanol–water partition coefficient (Wildman–Crippen LogP) is 2.70. The quantitative estimate of drug-likeness (QED) is 0.670. The molecule has 4 rings (SSSR count). The average Bonchev–Trinajstić information content (AvgIpc) is 3.07. The van der Waals surface area contributed by atoms with Gasteiger partial charge in [-0.1, -0.05) is 19.3 Å². The van der Waals surface area contributed by atoms with Gasteiger partial charge in [0.05, 0.1) is 10.5 Å². The minimum atomic E-state index is -3.69. The van der Waals surface area contributed by atoms with Crippen molar-refractivity contribution in [3.8, 4) is 0 Å². The number of piperidine rings is 1. The number of nitrogens with one attached hydrogen (secondary N) is 2. The van der Waals surface area contributed by atoms with E-state index in [0.717, 1.165) is 38.9 Å². The molecule has 180 valence electrons. The van der Waals surface area contributed by atoms with Gasteiger partial charge >= 0.3 is 0 Å². The lowest BCUT2D eigenvalue weighted by molar-refractivity contribution is 0.0950. The first-order valence-corrected chi connectivity index (χ1v) is 13.5. The van der Waals surface area contributed by atoms with E-state index in [1.165, 1.54) is 43.9 Å². The molecule has 1 atom stereocenters. The first kappa shape index (κ1) is 23.9. The SMILES string of the molecule is C[C@H]1CCCCN1S(=O)(=O)c1ccc2[nH]c(=O)cc(C(=O)NCCN3CCCCCC3)c2c1. The number of aromatic amines is 1. The third kappa shape index (κ3) is 5.47. The standard InChI is InChI=1S/C24H34N4O4S/c1-18-8-4-7-14-28(18)33(31,32)19-9-10-22-20(16-19)21(17-23(29)26-22)24(30)25-11-15-27-12-5-2-3-6-13-27/h9-10,16-18H,2-8,11-15H2,1H3,(H,25,30)(H,26,29)/t18-/m0/s1. The number of benzene rings is 1. The van der Waals surface area contributed by atoms with E-state index in [9.17, 15) is 18.0 Å². The number of hydrogen-bond acceptors (Lipinski definition) is 5. The van der Waals surface area contributed by atoms with Crippen LogP contribution < -0.4 is 10.9 Å². The summed E-state index contributed by atoms with van der Waals surface area (Å²) < 4.78 is 28.2. The summed E-state index contributed by atoms with van der Waals surface area (Å²) in [5.41, 5.74) is 0.264. The second kappa shape index (κ2) is 10.4. The maximum atomic E-state index is 13.3. The van der Waals surface area contributed by atoms with E-state index in [2.05, 4.69) is 15.2 Å². The molecule has 0 radical (unpaired) electrons. The van der Waals surface area contributed by atoms with Crippen LogP contribution in [0.15, 0.2) is 34.0 Å². The fourth-order valence-electron chi connectivity index (χ4n) is 4.93. The van der Waals surface area contributed by atoms with E-state index in [0.29, 0.717) is 24.0 Å². The highest BCUT2D eigenvalue weighted by molar-refractivity contribution is 7.89. The molecule has 2 fully saturated rings. The van der Waals surface area contributed by atoms with Gasteiger partial charge in [0.1, 0.15) is 0 Å². The number of hydrogen-bond donors (Lipinski definition) is 2. The number of carbonyl (C=O) groups is 1. The molecule has 0 spiro atoms. The highest BCUT2D eigenvalue weighted by atomic mass is 32.2. The van der Waals surface area contributed by atoms with Crippen LogP contribution in [0.5, 0.6) is 0 Å². The monoisotopic (exact) mass is 474 g/mol. The first-order chi connectivity index (χ1) is 15.9. The molecule has 33 heavy (non-hydrogen) atoms. The molecule has 0 unspecified atom stereocenters. The Morgan fingerprint density at radius 2 is 1.79 bits per heavy atom. The van der Waals surface area contributed by atoms with Crippen LogP contribution in [0.4, 0.5) is 0 Å². The van der Waals surface area contributed by atoms with Gasteiger partial charge in [-0.3, -0.25) is 9.59 Å². The molecule has 2 N–H and O–H groups in total. The number of fused-ring (bicyclic) bond motifs is 1. The van der Waals surface area contributed by atoms with Crippen molar-refractivity contribution in [2.45, 2.75) is 62.8 Å². The van der Waals surface area contributed by atoms with Crippen molar-refractivity contribution in [2.75, 3.05) is 32.7 Å². The third-order valence-electron chi connectivity index (χ3n) is 6.82. The molecule has 1 amide bonds. The van der Waals surface area contributed by atoms with Crippen LogP contribution in [-0.2, 0) is 10.0 Å². The van der Waals surface area contributed by atoms with E-state index >= 15 is 0 Å². The zero-order chi connectivity index (χ0) is 23.4. The molecule has 8 nitrogen and oxygen atoms in total. The van der Waals surface area contributed by atoms with Crippen LogP contribution in [0.25, 0.3) is 10.9 Å². The summed E-state index contributed by atoms with van der Waals surface area (Å²) in [7, 11) is -3.69. The number of pyridine rings is 1. The van der Waals surface area contributed by atoms with E-state index in [-0.39, 0.29) is 28.0 Å². The van der Waals surface area contributed by atoms with E-state index in [1.807, 2.05) is 6.92 Å². The zero-order valence-corrected chi connectivity index (χ0v) is 20.1. The summed E-state index contributed by atoms with van der Waals surface area (Å²) in [6.45, 7) is 5.76. The largest absolute Gasteiger partial charge is 0.351 e. The zero-order valence-electron chi connectivity index (χ0n) is 19.3. The summed E-state index contributed by atoms with van der Waals surface area (Å²) in [4.78, 5) is 30.4. The minimum Gasteiger partial charge on any atom is -0.351 e. The maximum absolute atomic E-state index is 13.3. The Morgan fingerprint density at radius 3 is 2.52 bits per heavy atom. The summed E-state index contributed by atoms with van der Waals surface area (Å²) in [5.74, 6) is -0.359. The molecule has 2 aliphatic heterocycles. The maximum Gasteiger partial charge on any atom is 0.252 e. The van der Waals surface area contributed by atoms with Crippen LogP contribution in [0.2, 0.25) is 0 Å². The first-order valence-electron chi connectivity index (χ1n) is 12.1. The van der Waals surface area contributed by atoms with Crippen molar-refractivity contribution in [1.82, 2.24) is 19.5 Å². The van der Waals surface area contributed by atoms with Crippen molar-refractivity contribution in [3.63, 3.8) is 0 Å². The average molecular weight is 475 g/mol. The van der Waals surface area contributed by atoms with Crippen LogP contribution in [0.3, 0.4) is 0 Å². The fourth-order valence-corrected chi connectivity index (χ4v) is 6.65. The van der Waals surface area contributed by atoms with Crippen LogP contribution in [0.1, 0.15) is 62.2 Å². The molecule has 2 aliphatic rings. The van der Waals surface area contributed by atoms with Crippen LogP contribution >= 0.6 is 0 Å². The molecule has 3 heterocycles. The molecule has 0 saturated carbocycles. The van der Waals surface area contributed by atoms with Gasteiger partial charge in [0, 0.05) is 42.6 Å². The lowest BCUT2D eigenvalue weighted by Crippen LogP contribution is -2.41. The van der Waals surface area contributed by atoms with Gasteiger partial charge in [-0.2, -0.15) is 4.31 Å². The number of carbonyl (C=O) groups excluding carboxylic acids is 1. The molecular weight excluding hydrogens is 440 g/mol. The van der Waals surface area contributed by atoms with E-state index in [4.69, 9.17) is 0 Å². The van der Waals surface area contributed by atoms with Crippen molar-refractivity contribution >= 4 is 26.8 Å². The number of aromatic nitrogens is 1. The predicted molar refractivity (Wildman–Crippen MR) is 129 cm³/mol. The number of sulfonamides is 1. The van der Waals surface area contributed by atoms with E-state index in [1.54, 1.807) is 10.4 Å². The van der Waals surface area contributed by atoms with Crippen molar-refractivity contribution in [2.24, 2.45) is 0 Å². The smallest absolute Gasteiger partial charge is 0.252 e. The molecule has 9 heteroatoms. The Kier molecular flexibility index (Phi) is 7.51. The summed E-state index contributed by atoms with van der Waals surface area (Å²) in [5, 5.41) is 3.36. The molecule has 0 aliphatic carbocycles. The topological polar surface area (TPSA) is 103 Å². The number of nitrogens with zero attached hydrogens (tertiary/aromatic N) is 2. The van der Waals surface area contributed by atoms with Gasteiger partial charge in [0.25, 0.3) is 5.91 Å². The number of amides is 1. The van der Waals surface area contributed by atoms with Gasteiger partial charge in [-0.15, -0.1) is 0 Å². The second-order valence-electron chi connectivity index (χ2n) is 9.23. The normalized spacial score (nSPS) is 21.1. The van der Waals surface area contributed by atoms with Crippen molar-refractivity contribution < 1.29 is 13.2 Å². The highest BCUT2D eigenvalue weighted by Crippen LogP contribution is 2.27. The Bertz CT molecular complexity index is 1150. The lowest BCUT2D eigenvalue weighted by Gasteiger charge is -2.32. The highest BCUT2D eigenvalue weighted by Gasteiger charge is 2.31. The summed E-state index contributed by atoms with van der Waals surface area (Å²) in [6.07, 6.45) is 7.57. The van der Waals surface area contributed by atoms with Crippen LogP contribution in [-0.4, -0.2) is 67.3 Å². The lowest BCUT2D eigenvalue weighted by atomic mass is 10.1. The van der Waals surface area contributed by atoms with Crippen molar-refractivity contribution in [3.05, 3.63) is 40.2 Å². The Hall–Kier alpha value is -2.23. The summed E-state index contributed by atoms with van der Waals surface area (Å²) in [6, 6.07) is 5.80. The third-order valence-corrected chi connectivity index (χ3v) is 8.83. The molecule has 1 aromatic carbocycles. The van der Waals surface area contributed by atoms with Crippen LogP contribution in [0, 0.1) is 0 Å². The van der Waals surface area contributed by atoms with Gasteiger partial charge in [0.15, 0.2) is 0 Å². The Morgan fingerprint density at radius 1 is 1.06 bits per heavy atom. The fraction of sp³-hybridized carbons (Fsp3) is 0.583. The molecule has 2 saturated heterocycles. The molecule has 1 aromatic heterocycles. The second-order valence-corrected chi connectivity index (χ2v) is 11.1. The van der Waals surface area contributed by atoms with Gasteiger partial charge in [-0.05, 0) is 63.9 Å². The molecule has 0 bridgehead atoms. The number of rotatable bonds is 6. The molecule has 2 aromatic rings. The Balaban J connectivity index is 1.57. The molecular formula is C24H34N4O4S. The van der Waals surface area contributed by atoms with Gasteiger partial charge in [0.2, 0.25) is 15.6 Å². The Labute approximate surface area is 195 Å². The number of H-pyrrole nitrogens is 1. The minimum absolute atomic E-state index is 0.0585.